The van der Waals surface area contributed by atoms with Crippen molar-refractivity contribution in [2.45, 2.75) is 25.5 Å². The van der Waals surface area contributed by atoms with Crippen LogP contribution in [0.25, 0.3) is 0 Å². The van der Waals surface area contributed by atoms with Crippen molar-refractivity contribution < 1.29 is 24.1 Å². The van der Waals surface area contributed by atoms with Gasteiger partial charge in [-0.3, -0.25) is 4.90 Å². The second-order valence-electron chi connectivity index (χ2n) is 5.42. The summed E-state index contributed by atoms with van der Waals surface area (Å²) in [7, 11) is 0. The molecule has 20 heavy (non-hydrogen) atoms. The molecule has 1 fully saturated rings. The maximum Gasteiger partial charge on any atom is 0.329 e. The Balaban J connectivity index is 1.96. The fourth-order valence-electron chi connectivity index (χ4n) is 2.48. The Morgan fingerprint density at radius 1 is 1.55 bits per heavy atom. The summed E-state index contributed by atoms with van der Waals surface area (Å²) in [5, 5.41) is 18.4. The van der Waals surface area contributed by atoms with Crippen molar-refractivity contribution in [1.29, 1.82) is 0 Å². The zero-order valence-electron chi connectivity index (χ0n) is 11.5. The van der Waals surface area contributed by atoms with E-state index in [9.17, 15) is 14.3 Å². The SMILES string of the molecule is CC(c1ccc(F)cc1O)N1CC(C)(OCC(=O)O)C1. The summed E-state index contributed by atoms with van der Waals surface area (Å²) < 4.78 is 18.3. The van der Waals surface area contributed by atoms with Gasteiger partial charge in [-0.15, -0.1) is 0 Å². The first-order valence-corrected chi connectivity index (χ1v) is 6.39. The lowest BCUT2D eigenvalue weighted by Gasteiger charge is -2.50. The minimum absolute atomic E-state index is 0.0717. The van der Waals surface area contributed by atoms with Crippen LogP contribution in [-0.4, -0.2) is 46.4 Å². The van der Waals surface area contributed by atoms with Crippen LogP contribution in [0.2, 0.25) is 0 Å². The van der Waals surface area contributed by atoms with Crippen molar-refractivity contribution >= 4 is 5.97 Å². The molecule has 0 bridgehead atoms. The van der Waals surface area contributed by atoms with Gasteiger partial charge in [-0.05, 0) is 19.9 Å². The van der Waals surface area contributed by atoms with Gasteiger partial charge in [-0.2, -0.15) is 0 Å². The molecular formula is C14H18FNO4. The van der Waals surface area contributed by atoms with Gasteiger partial charge in [-0.25, -0.2) is 9.18 Å². The number of phenols is 1. The normalized spacial score (nSPS) is 19.4. The molecule has 0 radical (unpaired) electrons. The van der Waals surface area contributed by atoms with E-state index in [0.29, 0.717) is 18.7 Å². The highest BCUT2D eigenvalue weighted by molar-refractivity contribution is 5.68. The zero-order valence-corrected chi connectivity index (χ0v) is 11.5. The van der Waals surface area contributed by atoms with Crippen LogP contribution < -0.4 is 0 Å². The van der Waals surface area contributed by atoms with E-state index in [1.807, 2.05) is 18.7 Å². The molecule has 2 N–H and O–H groups in total. The van der Waals surface area contributed by atoms with Crippen LogP contribution in [-0.2, 0) is 9.53 Å². The van der Waals surface area contributed by atoms with Gasteiger partial charge >= 0.3 is 5.97 Å². The van der Waals surface area contributed by atoms with E-state index in [1.165, 1.54) is 6.07 Å². The molecule has 1 aromatic carbocycles. The number of hydrogen-bond acceptors (Lipinski definition) is 4. The Bertz CT molecular complexity index is 514. The third-order valence-corrected chi connectivity index (χ3v) is 3.61. The highest BCUT2D eigenvalue weighted by atomic mass is 19.1. The maximum atomic E-state index is 13.0. The maximum absolute atomic E-state index is 13.0. The van der Waals surface area contributed by atoms with E-state index in [0.717, 1.165) is 6.07 Å². The second kappa shape index (κ2) is 5.38. The van der Waals surface area contributed by atoms with Gasteiger partial charge in [0.2, 0.25) is 0 Å². The molecule has 1 saturated heterocycles. The van der Waals surface area contributed by atoms with Gasteiger partial charge < -0.3 is 14.9 Å². The molecule has 6 heteroatoms. The van der Waals surface area contributed by atoms with E-state index in [2.05, 4.69) is 0 Å². The number of halogens is 1. The van der Waals surface area contributed by atoms with Crippen molar-refractivity contribution in [3.63, 3.8) is 0 Å². The van der Waals surface area contributed by atoms with Crippen molar-refractivity contribution in [2.24, 2.45) is 0 Å². The third kappa shape index (κ3) is 3.08. The van der Waals surface area contributed by atoms with Gasteiger partial charge in [0.05, 0.1) is 5.60 Å². The zero-order chi connectivity index (χ0) is 14.9. The molecule has 1 heterocycles. The predicted octanol–water partition coefficient (Wildman–Crippen LogP) is 1.77. The van der Waals surface area contributed by atoms with E-state index in [1.54, 1.807) is 6.07 Å². The lowest BCUT2D eigenvalue weighted by atomic mass is 9.92. The summed E-state index contributed by atoms with van der Waals surface area (Å²) in [5.74, 6) is -1.54. The van der Waals surface area contributed by atoms with Gasteiger partial charge in [0.25, 0.3) is 0 Å². The molecule has 1 aliphatic rings. The minimum Gasteiger partial charge on any atom is -0.508 e. The van der Waals surface area contributed by atoms with E-state index < -0.39 is 17.4 Å². The van der Waals surface area contributed by atoms with Gasteiger partial charge in [0, 0.05) is 30.8 Å². The Morgan fingerprint density at radius 3 is 2.75 bits per heavy atom. The van der Waals surface area contributed by atoms with Crippen LogP contribution in [0.15, 0.2) is 18.2 Å². The van der Waals surface area contributed by atoms with Crippen LogP contribution in [0, 0.1) is 5.82 Å². The Kier molecular flexibility index (Phi) is 3.96. The molecule has 0 amide bonds. The van der Waals surface area contributed by atoms with E-state index in [4.69, 9.17) is 9.84 Å². The summed E-state index contributed by atoms with van der Waals surface area (Å²) in [5.41, 5.74) is 0.161. The topological polar surface area (TPSA) is 70.0 Å². The van der Waals surface area contributed by atoms with Crippen LogP contribution in [0.4, 0.5) is 4.39 Å². The number of aliphatic carboxylic acids is 1. The average molecular weight is 283 g/mol. The van der Waals surface area contributed by atoms with Crippen LogP contribution in [0.5, 0.6) is 5.75 Å². The van der Waals surface area contributed by atoms with Crippen LogP contribution in [0.3, 0.4) is 0 Å². The average Bonchev–Trinajstić information content (AvgIpc) is 2.32. The summed E-state index contributed by atoms with van der Waals surface area (Å²) >= 11 is 0. The number of phenolic OH excluding ortho intramolecular Hbond substituents is 1. The first-order valence-electron chi connectivity index (χ1n) is 6.39. The van der Waals surface area contributed by atoms with Crippen LogP contribution >= 0.6 is 0 Å². The monoisotopic (exact) mass is 283 g/mol. The molecule has 1 atom stereocenters. The molecule has 0 aliphatic carbocycles. The molecule has 1 aromatic rings. The Labute approximate surface area is 116 Å². The number of likely N-dealkylation sites (tertiary alicyclic amines) is 1. The fraction of sp³-hybridized carbons (Fsp3) is 0.500. The highest BCUT2D eigenvalue weighted by Gasteiger charge is 2.42. The first kappa shape index (κ1) is 14.7. The quantitative estimate of drug-likeness (QED) is 0.862. The predicted molar refractivity (Wildman–Crippen MR) is 70.0 cm³/mol. The number of carboxylic acid groups (broad SMARTS) is 1. The Hall–Kier alpha value is -1.66. The van der Waals surface area contributed by atoms with Gasteiger partial charge in [-0.1, -0.05) is 6.07 Å². The molecule has 5 nitrogen and oxygen atoms in total. The minimum atomic E-state index is -0.992. The number of ether oxygens (including phenoxy) is 1. The Morgan fingerprint density at radius 2 is 2.20 bits per heavy atom. The number of benzene rings is 1. The number of rotatable bonds is 5. The van der Waals surface area contributed by atoms with Crippen molar-refractivity contribution in [3.8, 4) is 5.75 Å². The molecule has 0 spiro atoms. The van der Waals surface area contributed by atoms with Crippen molar-refractivity contribution in [3.05, 3.63) is 29.6 Å². The number of hydrogen-bond donors (Lipinski definition) is 2. The molecule has 1 aliphatic heterocycles. The number of nitrogens with zero attached hydrogens (tertiary/aromatic N) is 1. The van der Waals surface area contributed by atoms with Gasteiger partial charge in [0.1, 0.15) is 18.2 Å². The molecule has 2 rings (SSSR count). The molecule has 110 valence electrons. The van der Waals surface area contributed by atoms with Gasteiger partial charge in [0.15, 0.2) is 0 Å². The van der Waals surface area contributed by atoms with E-state index in [-0.39, 0.29) is 18.4 Å². The molecular weight excluding hydrogens is 265 g/mol. The number of aromatic hydroxyl groups is 1. The largest absolute Gasteiger partial charge is 0.508 e. The van der Waals surface area contributed by atoms with Crippen molar-refractivity contribution in [2.75, 3.05) is 19.7 Å². The molecule has 1 unspecified atom stereocenters. The lowest BCUT2D eigenvalue weighted by molar-refractivity contribution is -0.169. The van der Waals surface area contributed by atoms with E-state index >= 15 is 0 Å². The third-order valence-electron chi connectivity index (χ3n) is 3.61. The highest BCUT2D eigenvalue weighted by Crippen LogP contribution is 2.36. The summed E-state index contributed by atoms with van der Waals surface area (Å²) in [4.78, 5) is 12.5. The lowest BCUT2D eigenvalue weighted by Crippen LogP contribution is -2.62. The number of carbonyl (C=O) groups is 1. The standard InChI is InChI=1S/C14H18FNO4/c1-9(11-4-3-10(15)5-12(11)17)16-7-14(2,8-16)20-6-13(18)19/h3-5,9,17H,6-8H2,1-2H3,(H,18,19). The molecule has 0 saturated carbocycles. The first-order chi connectivity index (χ1) is 9.31. The summed E-state index contributed by atoms with van der Waals surface area (Å²) in [6.45, 7) is 4.57. The van der Waals surface area contributed by atoms with Crippen molar-refractivity contribution in [1.82, 2.24) is 4.90 Å². The van der Waals surface area contributed by atoms with Crippen LogP contribution in [0.1, 0.15) is 25.5 Å². The summed E-state index contributed by atoms with van der Waals surface area (Å²) in [6, 6.07) is 3.87. The fourth-order valence-corrected chi connectivity index (χ4v) is 2.48. The molecule has 0 aromatic heterocycles. The second-order valence-corrected chi connectivity index (χ2v) is 5.42. The summed E-state index contributed by atoms with van der Waals surface area (Å²) in [6.07, 6.45) is 0. The number of carboxylic acids is 1. The smallest absolute Gasteiger partial charge is 0.329 e.